The first kappa shape index (κ1) is 47.7. The molecule has 0 aliphatic carbocycles. The van der Waals surface area contributed by atoms with Crippen molar-refractivity contribution >= 4 is 25.7 Å². The van der Waals surface area contributed by atoms with Gasteiger partial charge in [0.25, 0.3) is 0 Å². The molecule has 3 atom stereocenters. The van der Waals surface area contributed by atoms with Crippen LogP contribution in [0.15, 0.2) is 36.5 Å². The first-order valence-corrected chi connectivity index (χ1v) is 20.5. The quantitative estimate of drug-likeness (QED) is 0.0246. The lowest BCUT2D eigenvalue weighted by molar-refractivity contribution is -0.161. The van der Waals surface area contributed by atoms with Crippen LogP contribution in [0.1, 0.15) is 155 Å². The van der Waals surface area contributed by atoms with Crippen LogP contribution in [0.4, 0.5) is 0 Å². The summed E-state index contributed by atoms with van der Waals surface area (Å²) in [6.07, 6.45) is 33.6. The number of phosphoric ester groups is 1. The molecular weight excluding hydrogens is 661 g/mol. The van der Waals surface area contributed by atoms with Crippen molar-refractivity contribution in [3.63, 3.8) is 0 Å². The van der Waals surface area contributed by atoms with Crippen molar-refractivity contribution in [2.45, 2.75) is 167 Å². The standard InChI is InChI=1S/C38H68NO10P/c1-3-5-7-9-11-13-15-16-17-18-20-21-23-25-27-29-36(40)46-31-34(32-47-50(44,45)48-33-35(39)38(42)43)49-37(41)30-28-26-24-22-19-14-12-10-8-6-4-2/h10-13,16-17,34-35H,3-9,14-15,18-33,39H2,1-2H3,(H,42,43)(H,44,45). The number of carbonyl (C=O) groups excluding carboxylic acids is 2. The van der Waals surface area contributed by atoms with Crippen LogP contribution in [0.25, 0.3) is 0 Å². The Morgan fingerprint density at radius 1 is 0.620 bits per heavy atom. The molecule has 0 aliphatic heterocycles. The van der Waals surface area contributed by atoms with Gasteiger partial charge in [-0.25, -0.2) is 4.57 Å². The molecule has 0 fully saturated rings. The highest BCUT2D eigenvalue weighted by Gasteiger charge is 2.28. The topological polar surface area (TPSA) is 172 Å². The molecule has 0 spiro atoms. The molecule has 0 amide bonds. The zero-order valence-corrected chi connectivity index (χ0v) is 31.9. The Morgan fingerprint density at radius 2 is 1.08 bits per heavy atom. The number of carboxylic acids is 1. The van der Waals surface area contributed by atoms with Gasteiger partial charge in [0.1, 0.15) is 12.6 Å². The molecule has 0 aliphatic rings. The monoisotopic (exact) mass is 729 g/mol. The molecule has 0 aromatic rings. The lowest BCUT2D eigenvalue weighted by Gasteiger charge is -2.20. The van der Waals surface area contributed by atoms with E-state index >= 15 is 0 Å². The number of aliphatic carboxylic acids is 1. The van der Waals surface area contributed by atoms with E-state index in [-0.39, 0.29) is 19.4 Å². The molecule has 4 N–H and O–H groups in total. The fourth-order valence-electron chi connectivity index (χ4n) is 4.78. The lowest BCUT2D eigenvalue weighted by atomic mass is 10.1. The maximum Gasteiger partial charge on any atom is 0.472 e. The number of hydrogen-bond donors (Lipinski definition) is 3. The molecule has 0 rings (SSSR count). The van der Waals surface area contributed by atoms with E-state index in [1.165, 1.54) is 32.1 Å². The molecule has 0 saturated carbocycles. The molecule has 11 nitrogen and oxygen atoms in total. The van der Waals surface area contributed by atoms with Gasteiger partial charge < -0.3 is 25.2 Å². The van der Waals surface area contributed by atoms with Crippen LogP contribution in [0.2, 0.25) is 0 Å². The molecule has 3 unspecified atom stereocenters. The maximum atomic E-state index is 12.5. The summed E-state index contributed by atoms with van der Waals surface area (Å²) in [5.41, 5.74) is 5.31. The summed E-state index contributed by atoms with van der Waals surface area (Å²) in [6, 6.07) is -1.52. The maximum absolute atomic E-state index is 12.5. The van der Waals surface area contributed by atoms with E-state index in [2.05, 4.69) is 54.8 Å². The number of unbranched alkanes of at least 4 members (excludes halogenated alkanes) is 15. The Hall–Kier alpha value is -2.30. The van der Waals surface area contributed by atoms with E-state index in [1.807, 2.05) is 0 Å². The average Bonchev–Trinajstić information content (AvgIpc) is 3.09. The number of allylic oxidation sites excluding steroid dienone is 6. The average molecular weight is 730 g/mol. The lowest BCUT2D eigenvalue weighted by Crippen LogP contribution is -2.34. The number of nitrogens with two attached hydrogens (primary N) is 1. The smallest absolute Gasteiger partial charge is 0.472 e. The first-order valence-electron chi connectivity index (χ1n) is 19.0. The zero-order chi connectivity index (χ0) is 37.1. The second kappa shape index (κ2) is 33.8. The fraction of sp³-hybridized carbons (Fsp3) is 0.763. The Kier molecular flexibility index (Phi) is 32.3. The van der Waals surface area contributed by atoms with Gasteiger partial charge in [-0.15, -0.1) is 0 Å². The molecule has 50 heavy (non-hydrogen) atoms. The van der Waals surface area contributed by atoms with E-state index in [9.17, 15) is 23.8 Å². The van der Waals surface area contributed by atoms with Crippen LogP contribution in [0.3, 0.4) is 0 Å². The fourth-order valence-corrected chi connectivity index (χ4v) is 5.56. The summed E-state index contributed by atoms with van der Waals surface area (Å²) in [5.74, 6) is -2.41. The van der Waals surface area contributed by atoms with Crippen LogP contribution in [0.5, 0.6) is 0 Å². The van der Waals surface area contributed by atoms with Gasteiger partial charge in [-0.3, -0.25) is 23.4 Å². The van der Waals surface area contributed by atoms with Gasteiger partial charge in [0.05, 0.1) is 13.2 Å². The molecular formula is C38H68NO10P. The SMILES string of the molecule is CCCCC=CCCCCCCCC(=O)OC(COC(=O)CCCCCCCC=CCC=CCCCCC)COP(=O)(O)OCC(N)C(=O)O. The minimum Gasteiger partial charge on any atom is -0.480 e. The van der Waals surface area contributed by atoms with E-state index in [0.29, 0.717) is 12.8 Å². The van der Waals surface area contributed by atoms with Gasteiger partial charge in [0, 0.05) is 12.8 Å². The van der Waals surface area contributed by atoms with Gasteiger partial charge in [-0.05, 0) is 64.2 Å². The summed E-state index contributed by atoms with van der Waals surface area (Å²) in [4.78, 5) is 45.7. The highest BCUT2D eigenvalue weighted by Crippen LogP contribution is 2.43. The summed E-state index contributed by atoms with van der Waals surface area (Å²) in [6.45, 7) is 2.68. The third-order valence-electron chi connectivity index (χ3n) is 7.86. The largest absolute Gasteiger partial charge is 0.480 e. The Bertz CT molecular complexity index is 1000. The third kappa shape index (κ3) is 32.9. The minimum atomic E-state index is -4.71. The van der Waals surface area contributed by atoms with E-state index in [4.69, 9.17) is 24.8 Å². The van der Waals surface area contributed by atoms with Crippen molar-refractivity contribution < 1.29 is 47.5 Å². The van der Waals surface area contributed by atoms with Crippen LogP contribution >= 0.6 is 7.82 Å². The Morgan fingerprint density at radius 3 is 1.64 bits per heavy atom. The molecule has 0 radical (unpaired) electrons. The van der Waals surface area contributed by atoms with Gasteiger partial charge in [0.2, 0.25) is 0 Å². The van der Waals surface area contributed by atoms with Gasteiger partial charge in [-0.1, -0.05) is 115 Å². The van der Waals surface area contributed by atoms with Crippen molar-refractivity contribution in [1.82, 2.24) is 0 Å². The van der Waals surface area contributed by atoms with Crippen molar-refractivity contribution in [3.8, 4) is 0 Å². The summed E-state index contributed by atoms with van der Waals surface area (Å²) in [5, 5.41) is 8.85. The van der Waals surface area contributed by atoms with Gasteiger partial charge >= 0.3 is 25.7 Å². The summed E-state index contributed by atoms with van der Waals surface area (Å²) >= 11 is 0. The van der Waals surface area contributed by atoms with E-state index in [1.54, 1.807) is 0 Å². The van der Waals surface area contributed by atoms with E-state index < -0.39 is 51.1 Å². The predicted octanol–water partition coefficient (Wildman–Crippen LogP) is 9.28. The third-order valence-corrected chi connectivity index (χ3v) is 8.81. The summed E-state index contributed by atoms with van der Waals surface area (Å²) < 4.78 is 32.5. The number of carbonyl (C=O) groups is 3. The van der Waals surface area contributed by atoms with Crippen LogP contribution in [-0.2, 0) is 37.5 Å². The molecule has 0 bridgehead atoms. The molecule has 0 aromatic heterocycles. The number of esters is 2. The molecule has 0 aromatic carbocycles. The molecule has 0 heterocycles. The molecule has 290 valence electrons. The predicted molar refractivity (Wildman–Crippen MR) is 199 cm³/mol. The highest BCUT2D eigenvalue weighted by atomic mass is 31.2. The molecule has 0 saturated heterocycles. The Labute approximate surface area is 302 Å². The number of ether oxygens (including phenoxy) is 2. The van der Waals surface area contributed by atoms with Crippen molar-refractivity contribution in [1.29, 1.82) is 0 Å². The summed E-state index contributed by atoms with van der Waals surface area (Å²) in [7, 11) is -4.71. The second-order valence-corrected chi connectivity index (χ2v) is 14.2. The van der Waals surface area contributed by atoms with Gasteiger partial charge in [0.15, 0.2) is 6.10 Å². The van der Waals surface area contributed by atoms with Crippen molar-refractivity contribution in [3.05, 3.63) is 36.5 Å². The second-order valence-electron chi connectivity index (χ2n) is 12.7. The highest BCUT2D eigenvalue weighted by molar-refractivity contribution is 7.47. The van der Waals surface area contributed by atoms with Crippen LogP contribution in [0, 0.1) is 0 Å². The number of rotatable bonds is 35. The normalized spacial score (nSPS) is 14.3. The van der Waals surface area contributed by atoms with Crippen molar-refractivity contribution in [2.24, 2.45) is 5.73 Å². The van der Waals surface area contributed by atoms with Crippen molar-refractivity contribution in [2.75, 3.05) is 19.8 Å². The van der Waals surface area contributed by atoms with Crippen LogP contribution < -0.4 is 5.73 Å². The number of hydrogen-bond acceptors (Lipinski definition) is 9. The van der Waals surface area contributed by atoms with Crippen LogP contribution in [-0.4, -0.2) is 59.9 Å². The van der Waals surface area contributed by atoms with Gasteiger partial charge in [-0.2, -0.15) is 0 Å². The number of carboxylic acid groups (broad SMARTS) is 1. The minimum absolute atomic E-state index is 0.147. The Balaban J connectivity index is 4.47. The first-order chi connectivity index (χ1) is 24.1. The van der Waals surface area contributed by atoms with E-state index in [0.717, 1.165) is 83.5 Å². The zero-order valence-electron chi connectivity index (χ0n) is 31.0. The number of phosphoric acid groups is 1. The molecule has 12 heteroatoms.